The number of hydrogen-bond acceptors (Lipinski definition) is 3. The highest BCUT2D eigenvalue weighted by atomic mass is 32.2. The smallest absolute Gasteiger partial charge is 0.0356 e. The Labute approximate surface area is 85.8 Å². The molecule has 0 saturated carbocycles. The van der Waals surface area contributed by atoms with Crippen molar-refractivity contribution in [2.45, 2.75) is 18.7 Å². The second kappa shape index (κ2) is 4.21. The Kier molecular flexibility index (Phi) is 2.96. The van der Waals surface area contributed by atoms with Gasteiger partial charge in [-0.3, -0.25) is 4.21 Å². The summed E-state index contributed by atoms with van der Waals surface area (Å²) in [6, 6.07) is 5.88. The van der Waals surface area contributed by atoms with E-state index in [2.05, 4.69) is 11.4 Å². The van der Waals surface area contributed by atoms with Crippen molar-refractivity contribution in [2.24, 2.45) is 0 Å². The molecule has 1 aliphatic rings. The van der Waals surface area contributed by atoms with Crippen LogP contribution in [0.1, 0.15) is 16.7 Å². The summed E-state index contributed by atoms with van der Waals surface area (Å²) < 4.78 is 21.3. The summed E-state index contributed by atoms with van der Waals surface area (Å²) in [5, 5.41) is 3.27. The quantitative estimate of drug-likeness (QED) is 0.731. The molecule has 0 spiro atoms. The molecular weight excluding hydrogens is 198 g/mol. The summed E-state index contributed by atoms with van der Waals surface area (Å²) in [6.07, 6.45) is 0.933. The Balaban J connectivity index is 2.35. The number of nitrogens with one attached hydrogen (secondary N) is 1. The van der Waals surface area contributed by atoms with Crippen molar-refractivity contribution >= 4 is 11.1 Å². The van der Waals surface area contributed by atoms with Crippen LogP contribution in [0.3, 0.4) is 0 Å². The van der Waals surface area contributed by atoms with E-state index >= 15 is 0 Å². The summed E-state index contributed by atoms with van der Waals surface area (Å²) >= 11 is -1.98. The van der Waals surface area contributed by atoms with Crippen LogP contribution >= 0.6 is 0 Å². The van der Waals surface area contributed by atoms with Crippen molar-refractivity contribution in [2.75, 3.05) is 6.54 Å². The van der Waals surface area contributed by atoms with Gasteiger partial charge in [-0.2, -0.15) is 0 Å². The maximum Gasteiger partial charge on any atom is 0.0356 e. The molecule has 0 aliphatic carbocycles. The molecule has 1 N–H and O–H groups in total. The van der Waals surface area contributed by atoms with Crippen LogP contribution in [0.4, 0.5) is 0 Å². The van der Waals surface area contributed by atoms with Gasteiger partial charge in [-0.05, 0) is 29.7 Å². The van der Waals surface area contributed by atoms with Gasteiger partial charge in [0.1, 0.15) is 0 Å². The molecule has 1 heterocycles. The van der Waals surface area contributed by atoms with Gasteiger partial charge in [0.25, 0.3) is 0 Å². The monoisotopic (exact) mass is 210 g/mol. The lowest BCUT2D eigenvalue weighted by Crippen LogP contribution is -2.24. The second-order valence-corrected chi connectivity index (χ2v) is 4.33. The Morgan fingerprint density at radius 3 is 3.14 bits per heavy atom. The van der Waals surface area contributed by atoms with E-state index < -0.39 is 11.1 Å². The van der Waals surface area contributed by atoms with Crippen molar-refractivity contribution in [1.29, 1.82) is 0 Å². The van der Waals surface area contributed by atoms with Crippen molar-refractivity contribution in [3.63, 3.8) is 0 Å². The van der Waals surface area contributed by atoms with Crippen LogP contribution in [0, 0.1) is 0 Å². The van der Waals surface area contributed by atoms with Crippen LogP contribution in [0.2, 0.25) is 0 Å². The van der Waals surface area contributed by atoms with Gasteiger partial charge in [0, 0.05) is 12.3 Å². The first-order valence-corrected chi connectivity index (χ1v) is 5.88. The van der Waals surface area contributed by atoms with Gasteiger partial charge in [0.15, 0.2) is 0 Å². The van der Waals surface area contributed by atoms with E-state index in [9.17, 15) is 8.76 Å². The largest absolute Gasteiger partial charge is 0.772 e. The molecule has 0 aromatic heterocycles. The van der Waals surface area contributed by atoms with E-state index in [1.54, 1.807) is 0 Å². The Morgan fingerprint density at radius 2 is 2.36 bits per heavy atom. The minimum atomic E-state index is -1.98. The first-order chi connectivity index (χ1) is 6.77. The summed E-state index contributed by atoms with van der Waals surface area (Å²) in [4.78, 5) is 0. The van der Waals surface area contributed by atoms with Crippen LogP contribution in [-0.2, 0) is 29.8 Å². The van der Waals surface area contributed by atoms with Crippen molar-refractivity contribution in [3.8, 4) is 0 Å². The predicted molar refractivity (Wildman–Crippen MR) is 54.5 cm³/mol. The maximum atomic E-state index is 10.6. The molecule has 0 radical (unpaired) electrons. The second-order valence-electron chi connectivity index (χ2n) is 3.43. The molecule has 3 nitrogen and oxygen atoms in total. The zero-order chi connectivity index (χ0) is 9.97. The van der Waals surface area contributed by atoms with Gasteiger partial charge in [0.2, 0.25) is 0 Å². The molecule has 1 aliphatic heterocycles. The summed E-state index contributed by atoms with van der Waals surface area (Å²) in [6.45, 7) is 1.80. The maximum absolute atomic E-state index is 10.6. The molecular formula is C10H12NO2S-. The molecule has 76 valence electrons. The molecule has 1 atom stereocenters. The number of benzene rings is 1. The molecule has 1 aromatic carbocycles. The summed E-state index contributed by atoms with van der Waals surface area (Å²) in [5.74, 6) is 0.142. The highest BCUT2D eigenvalue weighted by molar-refractivity contribution is 7.78. The number of hydrogen-bond donors (Lipinski definition) is 1. The lowest BCUT2D eigenvalue weighted by atomic mass is 9.96. The normalized spacial score (nSPS) is 17.5. The third-order valence-electron chi connectivity index (χ3n) is 2.51. The van der Waals surface area contributed by atoms with Crippen LogP contribution in [0.5, 0.6) is 0 Å². The number of fused-ring (bicyclic) bond motifs is 1. The zero-order valence-corrected chi connectivity index (χ0v) is 8.60. The van der Waals surface area contributed by atoms with E-state index in [-0.39, 0.29) is 5.75 Å². The van der Waals surface area contributed by atoms with Crippen LogP contribution in [-0.4, -0.2) is 15.3 Å². The van der Waals surface area contributed by atoms with Gasteiger partial charge in [-0.1, -0.05) is 29.3 Å². The molecule has 0 fully saturated rings. The van der Waals surface area contributed by atoms with Crippen LogP contribution < -0.4 is 5.32 Å². The molecule has 1 unspecified atom stereocenters. The van der Waals surface area contributed by atoms with Crippen LogP contribution in [0.15, 0.2) is 18.2 Å². The Hall–Kier alpha value is -0.710. The molecule has 0 bridgehead atoms. The Morgan fingerprint density at radius 1 is 1.50 bits per heavy atom. The van der Waals surface area contributed by atoms with Crippen molar-refractivity contribution in [3.05, 3.63) is 34.9 Å². The third kappa shape index (κ3) is 2.03. The fourth-order valence-electron chi connectivity index (χ4n) is 1.87. The van der Waals surface area contributed by atoms with E-state index in [1.807, 2.05) is 12.1 Å². The van der Waals surface area contributed by atoms with Gasteiger partial charge < -0.3 is 9.87 Å². The van der Waals surface area contributed by atoms with E-state index in [4.69, 9.17) is 0 Å². The topological polar surface area (TPSA) is 52.2 Å². The molecule has 1 aromatic rings. The molecule has 14 heavy (non-hydrogen) atoms. The van der Waals surface area contributed by atoms with Gasteiger partial charge in [-0.15, -0.1) is 0 Å². The third-order valence-corrected chi connectivity index (χ3v) is 3.06. The van der Waals surface area contributed by atoms with E-state index in [0.29, 0.717) is 0 Å². The fraction of sp³-hybridized carbons (Fsp3) is 0.400. The highest BCUT2D eigenvalue weighted by Crippen LogP contribution is 2.19. The van der Waals surface area contributed by atoms with Crippen LogP contribution in [0.25, 0.3) is 0 Å². The highest BCUT2D eigenvalue weighted by Gasteiger charge is 2.11. The van der Waals surface area contributed by atoms with Gasteiger partial charge in [-0.25, -0.2) is 0 Å². The average Bonchev–Trinajstić information content (AvgIpc) is 2.18. The van der Waals surface area contributed by atoms with Gasteiger partial charge >= 0.3 is 0 Å². The minimum Gasteiger partial charge on any atom is -0.772 e. The zero-order valence-electron chi connectivity index (χ0n) is 7.79. The summed E-state index contributed by atoms with van der Waals surface area (Å²) in [5.41, 5.74) is 3.41. The first-order valence-electron chi connectivity index (χ1n) is 4.63. The minimum absolute atomic E-state index is 0.142. The van der Waals surface area contributed by atoms with Crippen molar-refractivity contribution < 1.29 is 8.76 Å². The lowest BCUT2D eigenvalue weighted by molar-refractivity contribution is 0.535. The standard InChI is InChI=1S/C10H13NO2S/c12-14(13)7-9-3-1-2-8-6-11-5-4-10(8)9/h1-3,11H,4-7H2,(H,12,13)/p-1. The molecule has 4 heteroatoms. The fourth-order valence-corrected chi connectivity index (χ4v) is 2.40. The average molecular weight is 210 g/mol. The number of rotatable bonds is 2. The van der Waals surface area contributed by atoms with Crippen molar-refractivity contribution in [1.82, 2.24) is 5.32 Å². The lowest BCUT2D eigenvalue weighted by Gasteiger charge is -2.20. The van der Waals surface area contributed by atoms with Gasteiger partial charge in [0.05, 0.1) is 0 Å². The predicted octanol–water partition coefficient (Wildman–Crippen LogP) is 0.711. The first kappa shape index (κ1) is 9.83. The van der Waals surface area contributed by atoms with E-state index in [1.165, 1.54) is 11.1 Å². The van der Waals surface area contributed by atoms with E-state index in [0.717, 1.165) is 25.1 Å². The Bertz CT molecular complexity index is 365. The summed E-state index contributed by atoms with van der Waals surface area (Å²) in [7, 11) is 0. The molecule has 2 rings (SSSR count). The SMILES string of the molecule is O=S([O-])Cc1cccc2c1CCNC2. The molecule has 0 amide bonds. The molecule has 0 saturated heterocycles.